The van der Waals surface area contributed by atoms with Crippen LogP contribution in [0.25, 0.3) is 0 Å². The van der Waals surface area contributed by atoms with Crippen molar-refractivity contribution in [1.82, 2.24) is 0 Å². The van der Waals surface area contributed by atoms with Crippen LogP contribution in [0.2, 0.25) is 0 Å². The molecule has 0 aromatic heterocycles. The van der Waals surface area contributed by atoms with Crippen LogP contribution in [0.1, 0.15) is 344 Å². The van der Waals surface area contributed by atoms with Gasteiger partial charge in [0.1, 0.15) is 19.3 Å². The summed E-state index contributed by atoms with van der Waals surface area (Å²) in [5.41, 5.74) is 0. The highest BCUT2D eigenvalue weighted by atomic mass is 31.2. The highest BCUT2D eigenvalue weighted by Crippen LogP contribution is 2.45. The van der Waals surface area contributed by atoms with Gasteiger partial charge in [0, 0.05) is 25.7 Å². The molecule has 0 bridgehead atoms. The second kappa shape index (κ2) is 59.8. The second-order valence-corrected chi connectivity index (χ2v) is 30.1. The fraction of sp³-hybridized carbons (Fsp3) is 0.943. The van der Waals surface area contributed by atoms with Gasteiger partial charge in [-0.2, -0.15) is 0 Å². The zero-order chi connectivity index (χ0) is 66.1. The Morgan fingerprint density at radius 2 is 0.472 bits per heavy atom. The van der Waals surface area contributed by atoms with Crippen LogP contribution in [0.4, 0.5) is 0 Å². The van der Waals surface area contributed by atoms with Crippen molar-refractivity contribution in [3.8, 4) is 0 Å². The molecule has 0 saturated carbocycles. The van der Waals surface area contributed by atoms with Crippen LogP contribution in [0, 0.1) is 23.7 Å². The van der Waals surface area contributed by atoms with Gasteiger partial charge in [0.15, 0.2) is 12.2 Å². The molecule has 0 aliphatic carbocycles. The SMILES string of the molecule is CC(C)CCCCCCCCCCCCCCC(=O)O[C@H](COC(=O)CCCCCCCCCCCCCC(C)C)COP(=O)(O)OCC(O)COP(=O)(O)OC[C@@H](COC(=O)CCCCCCCCCCC(C)C)OC(=O)CCCCCCCCC(C)C. The van der Waals surface area contributed by atoms with Crippen LogP contribution in [-0.2, 0) is 65.4 Å². The Balaban J connectivity index is 5.24. The maximum atomic E-state index is 13.0. The summed E-state index contributed by atoms with van der Waals surface area (Å²) in [4.78, 5) is 72.5. The molecule has 528 valence electrons. The summed E-state index contributed by atoms with van der Waals surface area (Å²) < 4.78 is 68.2. The van der Waals surface area contributed by atoms with Gasteiger partial charge in [-0.1, -0.05) is 293 Å². The van der Waals surface area contributed by atoms with Gasteiger partial charge in [-0.05, 0) is 49.4 Å². The number of rotatable bonds is 67. The van der Waals surface area contributed by atoms with Crippen LogP contribution in [-0.4, -0.2) is 96.7 Å². The van der Waals surface area contributed by atoms with Crippen LogP contribution in [0.5, 0.6) is 0 Å². The number of carbonyl (C=O) groups is 4. The number of hydrogen-bond donors (Lipinski definition) is 3. The van der Waals surface area contributed by atoms with E-state index in [1.54, 1.807) is 0 Å². The molecule has 17 nitrogen and oxygen atoms in total. The van der Waals surface area contributed by atoms with Crippen molar-refractivity contribution in [3.05, 3.63) is 0 Å². The largest absolute Gasteiger partial charge is 0.472 e. The van der Waals surface area contributed by atoms with E-state index in [0.717, 1.165) is 108 Å². The van der Waals surface area contributed by atoms with Crippen LogP contribution in [0.15, 0.2) is 0 Å². The molecule has 0 amide bonds. The van der Waals surface area contributed by atoms with E-state index in [4.69, 9.17) is 37.0 Å². The lowest BCUT2D eigenvalue weighted by atomic mass is 10.0. The minimum atomic E-state index is -4.95. The van der Waals surface area contributed by atoms with Crippen molar-refractivity contribution in [3.63, 3.8) is 0 Å². The average Bonchev–Trinajstić information content (AvgIpc) is 3.68. The van der Waals surface area contributed by atoms with Gasteiger partial charge >= 0.3 is 39.5 Å². The zero-order valence-corrected chi connectivity index (χ0v) is 59.8. The molecule has 0 aliphatic heterocycles. The highest BCUT2D eigenvalue weighted by molar-refractivity contribution is 7.47. The molecule has 0 aromatic rings. The predicted octanol–water partition coefficient (Wildman–Crippen LogP) is 19.7. The van der Waals surface area contributed by atoms with Crippen molar-refractivity contribution >= 4 is 39.5 Å². The second-order valence-electron chi connectivity index (χ2n) is 27.2. The topological polar surface area (TPSA) is 237 Å². The van der Waals surface area contributed by atoms with Crippen molar-refractivity contribution in [2.24, 2.45) is 23.7 Å². The Morgan fingerprint density at radius 1 is 0.281 bits per heavy atom. The Morgan fingerprint density at radius 3 is 0.697 bits per heavy atom. The van der Waals surface area contributed by atoms with Gasteiger partial charge in [0.05, 0.1) is 26.4 Å². The minimum Gasteiger partial charge on any atom is -0.462 e. The number of aliphatic hydroxyl groups is 1. The molecule has 0 spiro atoms. The van der Waals surface area contributed by atoms with Crippen LogP contribution in [0.3, 0.4) is 0 Å². The fourth-order valence-corrected chi connectivity index (χ4v) is 12.1. The fourth-order valence-electron chi connectivity index (χ4n) is 10.5. The van der Waals surface area contributed by atoms with Crippen molar-refractivity contribution in [1.29, 1.82) is 0 Å². The van der Waals surface area contributed by atoms with E-state index in [0.29, 0.717) is 31.6 Å². The number of carbonyl (C=O) groups excluding carboxylic acids is 4. The molecule has 0 fully saturated rings. The molecular weight excluding hydrogens is 1170 g/mol. The smallest absolute Gasteiger partial charge is 0.462 e. The van der Waals surface area contributed by atoms with Crippen LogP contribution < -0.4 is 0 Å². The Labute approximate surface area is 543 Å². The summed E-state index contributed by atoms with van der Waals surface area (Å²) in [6, 6.07) is 0. The number of esters is 4. The molecular formula is C70H136O17P2. The highest BCUT2D eigenvalue weighted by Gasteiger charge is 2.30. The summed E-state index contributed by atoms with van der Waals surface area (Å²) in [6.07, 6.45) is 41.9. The molecule has 0 rings (SSSR count). The predicted molar refractivity (Wildman–Crippen MR) is 358 cm³/mol. The van der Waals surface area contributed by atoms with E-state index in [1.807, 2.05) is 0 Å². The van der Waals surface area contributed by atoms with Gasteiger partial charge in [-0.15, -0.1) is 0 Å². The van der Waals surface area contributed by atoms with Crippen molar-refractivity contribution in [2.75, 3.05) is 39.6 Å². The number of phosphoric acid groups is 2. The lowest BCUT2D eigenvalue weighted by molar-refractivity contribution is -0.161. The maximum Gasteiger partial charge on any atom is 0.472 e. The van der Waals surface area contributed by atoms with E-state index in [2.05, 4.69) is 55.4 Å². The summed E-state index contributed by atoms with van der Waals surface area (Å²) in [5.74, 6) is 0.810. The van der Waals surface area contributed by atoms with E-state index in [-0.39, 0.29) is 25.7 Å². The average molecular weight is 1310 g/mol. The Bertz CT molecular complexity index is 1760. The first-order chi connectivity index (χ1) is 42.6. The molecule has 89 heavy (non-hydrogen) atoms. The third-order valence-corrected chi connectivity index (χ3v) is 18.0. The molecule has 0 aromatic carbocycles. The monoisotopic (exact) mass is 1310 g/mol. The summed E-state index contributed by atoms with van der Waals surface area (Å²) in [6.45, 7) is 14.0. The minimum absolute atomic E-state index is 0.101. The molecule has 3 unspecified atom stereocenters. The van der Waals surface area contributed by atoms with Gasteiger partial charge in [0.2, 0.25) is 0 Å². The molecule has 0 saturated heterocycles. The first-order valence-corrected chi connectivity index (χ1v) is 39.2. The maximum absolute atomic E-state index is 13.0. The van der Waals surface area contributed by atoms with E-state index >= 15 is 0 Å². The number of hydrogen-bond acceptors (Lipinski definition) is 15. The molecule has 19 heteroatoms. The summed E-state index contributed by atoms with van der Waals surface area (Å²) >= 11 is 0. The van der Waals surface area contributed by atoms with Crippen molar-refractivity contribution < 1.29 is 80.2 Å². The quantitative estimate of drug-likeness (QED) is 0.0222. The molecule has 0 heterocycles. The summed E-state index contributed by atoms with van der Waals surface area (Å²) in [7, 11) is -9.90. The normalized spacial score (nSPS) is 14.3. The summed E-state index contributed by atoms with van der Waals surface area (Å²) in [5, 5.41) is 10.6. The van der Waals surface area contributed by atoms with E-state index in [9.17, 15) is 43.2 Å². The molecule has 0 aliphatic rings. The lowest BCUT2D eigenvalue weighted by Gasteiger charge is -2.21. The number of ether oxygens (including phenoxy) is 4. The van der Waals surface area contributed by atoms with Gasteiger partial charge in [-0.3, -0.25) is 37.3 Å². The number of aliphatic hydroxyl groups excluding tert-OH is 1. The van der Waals surface area contributed by atoms with Gasteiger partial charge in [-0.25, -0.2) is 9.13 Å². The molecule has 3 N–H and O–H groups in total. The Hall–Kier alpha value is -1.94. The zero-order valence-electron chi connectivity index (χ0n) is 58.1. The van der Waals surface area contributed by atoms with Gasteiger partial charge in [0.25, 0.3) is 0 Å². The number of unbranched alkanes of at least 4 members (excludes halogenated alkanes) is 33. The van der Waals surface area contributed by atoms with Gasteiger partial charge < -0.3 is 33.8 Å². The van der Waals surface area contributed by atoms with E-state index in [1.165, 1.54) is 148 Å². The Kier molecular flexibility index (Phi) is 58.5. The third kappa shape index (κ3) is 64.6. The lowest BCUT2D eigenvalue weighted by Crippen LogP contribution is -2.30. The third-order valence-electron chi connectivity index (χ3n) is 16.1. The van der Waals surface area contributed by atoms with Crippen LogP contribution >= 0.6 is 15.6 Å². The first kappa shape index (κ1) is 87.1. The standard InChI is InChI=1S/C70H136O17P2/c1-60(2)46-38-30-22-16-12-9-10-14-19-27-36-44-52-69(74)86-65(56-80-67(72)50-42-34-25-18-15-11-13-17-23-31-39-47-61(3)4)58-84-88(76,77)82-54-64(71)55-83-89(78,79)85-59-66(87-70(75)53-45-37-29-28-33-41-49-63(7)8)57-81-68(73)51-43-35-26-21-20-24-32-40-48-62(5)6/h60-66,71H,9-59H2,1-8H3,(H,76,77)(H,78,79)/t64?,65-,66-/m1/s1. The van der Waals surface area contributed by atoms with E-state index < -0.39 is 97.5 Å². The molecule has 0 radical (unpaired) electrons. The number of phosphoric ester groups is 2. The van der Waals surface area contributed by atoms with Crippen molar-refractivity contribution in [2.45, 2.75) is 363 Å². The first-order valence-electron chi connectivity index (χ1n) is 36.2. The molecule has 5 atom stereocenters.